The summed E-state index contributed by atoms with van der Waals surface area (Å²) in [5.41, 5.74) is 3.20. The molecule has 2 aromatic carbocycles. The second-order valence-corrected chi connectivity index (χ2v) is 8.20. The fraction of sp³-hybridized carbons (Fsp3) is 0.318. The van der Waals surface area contributed by atoms with Gasteiger partial charge in [-0.15, -0.1) is 0 Å². The molecule has 1 fully saturated rings. The number of amides is 1. The van der Waals surface area contributed by atoms with Crippen molar-refractivity contribution in [1.82, 2.24) is 10.2 Å². The van der Waals surface area contributed by atoms with E-state index in [-0.39, 0.29) is 11.0 Å². The van der Waals surface area contributed by atoms with Gasteiger partial charge in [0.1, 0.15) is 0 Å². The number of anilines is 2. The van der Waals surface area contributed by atoms with Gasteiger partial charge in [0.25, 0.3) is 5.91 Å². The molecule has 1 aliphatic heterocycles. The molecule has 31 heavy (non-hydrogen) atoms. The van der Waals surface area contributed by atoms with E-state index < -0.39 is 5.97 Å². The quantitative estimate of drug-likeness (QED) is 0.535. The average molecular weight is 461 g/mol. The third-order valence-electron chi connectivity index (χ3n) is 5.17. The van der Waals surface area contributed by atoms with Crippen LogP contribution >= 0.6 is 23.8 Å². The number of ether oxygens (including phenoxy) is 1. The first-order chi connectivity index (χ1) is 14.8. The number of carbonyl (C=O) groups excluding carboxylic acids is 2. The van der Waals surface area contributed by atoms with Gasteiger partial charge >= 0.3 is 5.97 Å². The lowest BCUT2D eigenvalue weighted by molar-refractivity contribution is 0.0600. The van der Waals surface area contributed by atoms with Crippen LogP contribution in [-0.4, -0.2) is 62.2 Å². The summed E-state index contributed by atoms with van der Waals surface area (Å²) < 4.78 is 4.84. The zero-order valence-corrected chi connectivity index (χ0v) is 19.3. The van der Waals surface area contributed by atoms with Crippen LogP contribution in [0.25, 0.3) is 0 Å². The van der Waals surface area contributed by atoms with Crippen LogP contribution in [0.2, 0.25) is 5.02 Å². The summed E-state index contributed by atoms with van der Waals surface area (Å²) in [5, 5.41) is 6.37. The van der Waals surface area contributed by atoms with Gasteiger partial charge in [0.05, 0.1) is 24.0 Å². The minimum atomic E-state index is -0.447. The predicted molar refractivity (Wildman–Crippen MR) is 127 cm³/mol. The number of benzene rings is 2. The van der Waals surface area contributed by atoms with Crippen LogP contribution in [-0.2, 0) is 4.74 Å². The molecule has 0 aliphatic carbocycles. The predicted octanol–water partition coefficient (Wildman–Crippen LogP) is 3.31. The number of halogens is 1. The van der Waals surface area contributed by atoms with E-state index in [4.69, 9.17) is 28.6 Å². The summed E-state index contributed by atoms with van der Waals surface area (Å²) in [6.07, 6.45) is 0. The summed E-state index contributed by atoms with van der Waals surface area (Å²) in [7, 11) is 3.42. The van der Waals surface area contributed by atoms with Gasteiger partial charge in [-0.05, 0) is 62.1 Å². The van der Waals surface area contributed by atoms with E-state index in [0.29, 0.717) is 21.8 Å². The van der Waals surface area contributed by atoms with Gasteiger partial charge in [-0.2, -0.15) is 0 Å². The van der Waals surface area contributed by atoms with E-state index >= 15 is 0 Å². The lowest BCUT2D eigenvalue weighted by Crippen LogP contribution is -2.45. The van der Waals surface area contributed by atoms with Crippen LogP contribution in [0.4, 0.5) is 11.4 Å². The smallest absolute Gasteiger partial charge is 0.337 e. The van der Waals surface area contributed by atoms with E-state index in [9.17, 15) is 9.59 Å². The number of esters is 1. The van der Waals surface area contributed by atoms with Crippen LogP contribution in [0.3, 0.4) is 0 Å². The molecule has 1 aliphatic rings. The Bertz CT molecular complexity index is 1010. The van der Waals surface area contributed by atoms with Gasteiger partial charge in [-0.3, -0.25) is 10.1 Å². The van der Waals surface area contributed by atoms with Crippen molar-refractivity contribution in [2.75, 3.05) is 50.6 Å². The first-order valence-electron chi connectivity index (χ1n) is 9.83. The standard InChI is InChI=1S/C22H25ClN4O3S/c1-14-4-5-15(12-17(14)23)20(28)25-22(31)24-18-13-16(21(29)30-3)6-7-19(18)27-10-8-26(2)9-11-27/h4-7,12-13H,8-11H2,1-3H3,(H2,24,25,28,31). The van der Waals surface area contributed by atoms with Crippen molar-refractivity contribution in [3.05, 3.63) is 58.1 Å². The van der Waals surface area contributed by atoms with Crippen molar-refractivity contribution < 1.29 is 14.3 Å². The molecule has 9 heteroatoms. The molecule has 0 saturated carbocycles. The summed E-state index contributed by atoms with van der Waals surface area (Å²) >= 11 is 11.5. The number of nitrogens with one attached hydrogen (secondary N) is 2. The molecule has 0 unspecified atom stereocenters. The van der Waals surface area contributed by atoms with Crippen molar-refractivity contribution in [2.45, 2.75) is 6.92 Å². The number of rotatable bonds is 4. The molecular formula is C22H25ClN4O3S. The van der Waals surface area contributed by atoms with Crippen molar-refractivity contribution in [2.24, 2.45) is 0 Å². The molecule has 1 amide bonds. The monoisotopic (exact) mass is 460 g/mol. The number of piperazine rings is 1. The maximum absolute atomic E-state index is 12.6. The molecule has 0 atom stereocenters. The molecule has 0 radical (unpaired) electrons. The lowest BCUT2D eigenvalue weighted by Gasteiger charge is -2.35. The molecule has 2 N–H and O–H groups in total. The second kappa shape index (κ2) is 10.1. The highest BCUT2D eigenvalue weighted by Crippen LogP contribution is 2.28. The molecule has 0 spiro atoms. The number of methoxy groups -OCH3 is 1. The first kappa shape index (κ1) is 23.0. The summed E-state index contributed by atoms with van der Waals surface area (Å²) in [6, 6.07) is 10.3. The van der Waals surface area contributed by atoms with E-state index in [1.807, 2.05) is 13.0 Å². The minimum Gasteiger partial charge on any atom is -0.465 e. The third kappa shape index (κ3) is 5.72. The average Bonchev–Trinajstić information content (AvgIpc) is 2.75. The van der Waals surface area contributed by atoms with Gasteiger partial charge in [0, 0.05) is 36.8 Å². The molecule has 3 rings (SSSR count). The molecule has 1 saturated heterocycles. The van der Waals surface area contributed by atoms with Crippen LogP contribution < -0.4 is 15.5 Å². The Morgan fingerprint density at radius 2 is 1.74 bits per heavy atom. The van der Waals surface area contributed by atoms with Crippen molar-refractivity contribution in [3.63, 3.8) is 0 Å². The maximum atomic E-state index is 12.6. The van der Waals surface area contributed by atoms with Gasteiger partial charge in [0.2, 0.25) is 0 Å². The Hall–Kier alpha value is -2.68. The van der Waals surface area contributed by atoms with Crippen molar-refractivity contribution in [3.8, 4) is 0 Å². The molecular weight excluding hydrogens is 436 g/mol. The van der Waals surface area contributed by atoms with Crippen LogP contribution in [0.5, 0.6) is 0 Å². The zero-order valence-electron chi connectivity index (χ0n) is 17.7. The van der Waals surface area contributed by atoms with Crippen molar-refractivity contribution >= 4 is 52.2 Å². The summed E-state index contributed by atoms with van der Waals surface area (Å²) in [5.74, 6) is -0.818. The van der Waals surface area contributed by atoms with E-state index in [1.54, 1.807) is 30.3 Å². The fourth-order valence-electron chi connectivity index (χ4n) is 3.27. The van der Waals surface area contributed by atoms with E-state index in [1.165, 1.54) is 7.11 Å². The van der Waals surface area contributed by atoms with E-state index in [0.717, 1.165) is 37.4 Å². The number of aryl methyl sites for hydroxylation is 1. The number of hydrogen-bond donors (Lipinski definition) is 2. The van der Waals surface area contributed by atoms with Crippen molar-refractivity contribution in [1.29, 1.82) is 0 Å². The summed E-state index contributed by atoms with van der Waals surface area (Å²) in [6.45, 7) is 5.39. The Morgan fingerprint density at radius 3 is 2.39 bits per heavy atom. The fourth-order valence-corrected chi connectivity index (χ4v) is 3.65. The van der Waals surface area contributed by atoms with Crippen LogP contribution in [0.1, 0.15) is 26.3 Å². The minimum absolute atomic E-state index is 0.124. The molecule has 7 nitrogen and oxygen atoms in total. The SMILES string of the molecule is COC(=O)c1ccc(N2CCN(C)CC2)c(NC(=S)NC(=O)c2ccc(C)c(Cl)c2)c1. The molecule has 0 aromatic heterocycles. The number of carbonyl (C=O) groups is 2. The topological polar surface area (TPSA) is 73.9 Å². The highest BCUT2D eigenvalue weighted by atomic mass is 35.5. The van der Waals surface area contributed by atoms with E-state index in [2.05, 4.69) is 27.5 Å². The highest BCUT2D eigenvalue weighted by molar-refractivity contribution is 7.80. The first-order valence-corrected chi connectivity index (χ1v) is 10.6. The largest absolute Gasteiger partial charge is 0.465 e. The van der Waals surface area contributed by atoms with Crippen LogP contribution in [0.15, 0.2) is 36.4 Å². The molecule has 164 valence electrons. The Labute approximate surface area is 192 Å². The Kier molecular flexibility index (Phi) is 7.48. The normalized spacial score (nSPS) is 14.1. The molecule has 0 bridgehead atoms. The zero-order chi connectivity index (χ0) is 22.5. The van der Waals surface area contributed by atoms with Gasteiger partial charge in [0.15, 0.2) is 5.11 Å². The van der Waals surface area contributed by atoms with Gasteiger partial charge < -0.3 is 19.9 Å². The molecule has 1 heterocycles. The number of hydrogen-bond acceptors (Lipinski definition) is 6. The lowest BCUT2D eigenvalue weighted by atomic mass is 10.1. The third-order valence-corrected chi connectivity index (χ3v) is 5.78. The summed E-state index contributed by atoms with van der Waals surface area (Å²) in [4.78, 5) is 29.1. The maximum Gasteiger partial charge on any atom is 0.337 e. The Morgan fingerprint density at radius 1 is 1.06 bits per heavy atom. The Balaban J connectivity index is 1.80. The van der Waals surface area contributed by atoms with Crippen LogP contribution in [0, 0.1) is 6.92 Å². The number of likely N-dealkylation sites (N-methyl/N-ethyl adjacent to an activating group) is 1. The second-order valence-electron chi connectivity index (χ2n) is 7.39. The highest BCUT2D eigenvalue weighted by Gasteiger charge is 2.20. The molecule has 2 aromatic rings. The van der Waals surface area contributed by atoms with Gasteiger partial charge in [-0.1, -0.05) is 17.7 Å². The number of nitrogens with zero attached hydrogens (tertiary/aromatic N) is 2. The number of thiocarbonyl (C=S) groups is 1. The van der Waals surface area contributed by atoms with Gasteiger partial charge in [-0.25, -0.2) is 4.79 Å².